The fourth-order valence-corrected chi connectivity index (χ4v) is 2.88. The van der Waals surface area contributed by atoms with Crippen molar-refractivity contribution in [3.63, 3.8) is 0 Å². The van der Waals surface area contributed by atoms with Crippen LogP contribution in [0, 0.1) is 11.8 Å². The number of rotatable bonds is 7. The van der Waals surface area contributed by atoms with E-state index < -0.39 is 6.10 Å². The number of hydrogen-bond acceptors (Lipinski definition) is 4. The van der Waals surface area contributed by atoms with E-state index in [2.05, 4.69) is 19.2 Å². The van der Waals surface area contributed by atoms with Crippen LogP contribution in [-0.4, -0.2) is 37.5 Å². The van der Waals surface area contributed by atoms with E-state index in [1.54, 1.807) is 7.11 Å². The average molecular weight is 293 g/mol. The van der Waals surface area contributed by atoms with E-state index in [9.17, 15) is 5.11 Å². The number of benzene rings is 1. The Hall–Kier alpha value is -1.26. The SMILES string of the molecule is COc1cccc(OCC(O)CNC2CCC(C)C2C)c1. The Kier molecular flexibility index (Phi) is 5.88. The number of nitrogens with one attached hydrogen (secondary N) is 1. The minimum Gasteiger partial charge on any atom is -0.497 e. The summed E-state index contributed by atoms with van der Waals surface area (Å²) in [6.45, 7) is 5.45. The van der Waals surface area contributed by atoms with Gasteiger partial charge in [-0.25, -0.2) is 0 Å². The molecule has 0 saturated heterocycles. The summed E-state index contributed by atoms with van der Waals surface area (Å²) in [6.07, 6.45) is 1.97. The summed E-state index contributed by atoms with van der Waals surface area (Å²) in [5, 5.41) is 13.5. The normalized spacial score (nSPS) is 26.6. The molecule has 2 rings (SSSR count). The van der Waals surface area contributed by atoms with Crippen LogP contribution in [0.1, 0.15) is 26.7 Å². The first-order valence-corrected chi connectivity index (χ1v) is 7.78. The lowest BCUT2D eigenvalue weighted by Crippen LogP contribution is -2.39. The van der Waals surface area contributed by atoms with Crippen LogP contribution < -0.4 is 14.8 Å². The van der Waals surface area contributed by atoms with Gasteiger partial charge in [-0.1, -0.05) is 19.9 Å². The fourth-order valence-electron chi connectivity index (χ4n) is 2.88. The van der Waals surface area contributed by atoms with Gasteiger partial charge in [0.1, 0.15) is 24.2 Å². The molecule has 0 amide bonds. The van der Waals surface area contributed by atoms with Crippen LogP contribution in [0.15, 0.2) is 24.3 Å². The smallest absolute Gasteiger partial charge is 0.123 e. The zero-order valence-electron chi connectivity index (χ0n) is 13.2. The number of aliphatic hydroxyl groups excluding tert-OH is 1. The van der Waals surface area contributed by atoms with Crippen molar-refractivity contribution in [2.24, 2.45) is 11.8 Å². The summed E-state index contributed by atoms with van der Waals surface area (Å²) < 4.78 is 10.7. The fraction of sp³-hybridized carbons (Fsp3) is 0.647. The molecule has 0 heterocycles. The maximum atomic E-state index is 10.0. The van der Waals surface area contributed by atoms with E-state index >= 15 is 0 Å². The van der Waals surface area contributed by atoms with Crippen LogP contribution in [0.2, 0.25) is 0 Å². The Morgan fingerprint density at radius 2 is 2.05 bits per heavy atom. The van der Waals surface area contributed by atoms with Gasteiger partial charge >= 0.3 is 0 Å². The minimum absolute atomic E-state index is 0.289. The molecule has 0 spiro atoms. The Morgan fingerprint density at radius 3 is 2.71 bits per heavy atom. The van der Waals surface area contributed by atoms with Crippen molar-refractivity contribution in [3.05, 3.63) is 24.3 Å². The highest BCUT2D eigenvalue weighted by Crippen LogP contribution is 2.30. The van der Waals surface area contributed by atoms with Crippen LogP contribution in [0.3, 0.4) is 0 Å². The molecule has 1 aromatic rings. The molecule has 1 aliphatic rings. The molecule has 0 aromatic heterocycles. The van der Waals surface area contributed by atoms with Crippen molar-refractivity contribution < 1.29 is 14.6 Å². The van der Waals surface area contributed by atoms with Crippen molar-refractivity contribution in [1.82, 2.24) is 5.32 Å². The summed E-state index contributed by atoms with van der Waals surface area (Å²) in [4.78, 5) is 0. The second-order valence-electron chi connectivity index (χ2n) is 6.07. The quantitative estimate of drug-likeness (QED) is 0.811. The molecule has 21 heavy (non-hydrogen) atoms. The van der Waals surface area contributed by atoms with Crippen LogP contribution in [0.25, 0.3) is 0 Å². The molecule has 1 fully saturated rings. The molecule has 0 aliphatic heterocycles. The zero-order chi connectivity index (χ0) is 15.2. The third kappa shape index (κ3) is 4.61. The highest BCUT2D eigenvalue weighted by molar-refractivity contribution is 5.32. The van der Waals surface area contributed by atoms with E-state index in [1.165, 1.54) is 12.8 Å². The lowest BCUT2D eigenvalue weighted by atomic mass is 9.98. The third-order valence-electron chi connectivity index (χ3n) is 4.56. The minimum atomic E-state index is -0.501. The third-order valence-corrected chi connectivity index (χ3v) is 4.56. The molecule has 4 atom stereocenters. The topological polar surface area (TPSA) is 50.7 Å². The van der Waals surface area contributed by atoms with Crippen molar-refractivity contribution in [1.29, 1.82) is 0 Å². The van der Waals surface area contributed by atoms with Gasteiger partial charge in [-0.15, -0.1) is 0 Å². The maximum Gasteiger partial charge on any atom is 0.123 e. The van der Waals surface area contributed by atoms with Gasteiger partial charge in [-0.05, 0) is 36.8 Å². The van der Waals surface area contributed by atoms with Crippen molar-refractivity contribution in [3.8, 4) is 11.5 Å². The maximum absolute atomic E-state index is 10.0. The second kappa shape index (κ2) is 7.66. The molecule has 0 radical (unpaired) electrons. The monoisotopic (exact) mass is 293 g/mol. The Balaban J connectivity index is 1.71. The summed E-state index contributed by atoms with van der Waals surface area (Å²) in [6, 6.07) is 7.95. The van der Waals surface area contributed by atoms with Crippen LogP contribution in [0.4, 0.5) is 0 Å². The van der Waals surface area contributed by atoms with Crippen molar-refractivity contribution in [2.45, 2.75) is 38.8 Å². The van der Waals surface area contributed by atoms with Gasteiger partial charge in [-0.2, -0.15) is 0 Å². The number of hydrogen-bond donors (Lipinski definition) is 2. The van der Waals surface area contributed by atoms with Crippen LogP contribution in [0.5, 0.6) is 11.5 Å². The molecule has 4 heteroatoms. The first-order chi connectivity index (χ1) is 10.1. The summed E-state index contributed by atoms with van der Waals surface area (Å²) in [5.74, 6) is 2.93. The largest absolute Gasteiger partial charge is 0.497 e. The lowest BCUT2D eigenvalue weighted by Gasteiger charge is -2.21. The van der Waals surface area contributed by atoms with E-state index in [0.717, 1.165) is 17.4 Å². The van der Waals surface area contributed by atoms with E-state index in [4.69, 9.17) is 9.47 Å². The predicted molar refractivity (Wildman–Crippen MR) is 83.8 cm³/mol. The first-order valence-electron chi connectivity index (χ1n) is 7.78. The van der Waals surface area contributed by atoms with Gasteiger partial charge in [0.2, 0.25) is 0 Å². The summed E-state index contributed by atoms with van der Waals surface area (Å²) in [7, 11) is 1.63. The Labute approximate surface area is 127 Å². The Bertz CT molecular complexity index is 438. The average Bonchev–Trinajstić information content (AvgIpc) is 2.83. The molecule has 1 saturated carbocycles. The number of ether oxygens (including phenoxy) is 2. The molecular weight excluding hydrogens is 266 g/mol. The zero-order valence-corrected chi connectivity index (χ0v) is 13.2. The van der Waals surface area contributed by atoms with Gasteiger partial charge in [0.05, 0.1) is 7.11 Å². The number of methoxy groups -OCH3 is 1. The van der Waals surface area contributed by atoms with Gasteiger partial charge in [-0.3, -0.25) is 0 Å². The summed E-state index contributed by atoms with van der Waals surface area (Å²) in [5.41, 5.74) is 0. The Morgan fingerprint density at radius 1 is 1.29 bits per heavy atom. The molecule has 1 aromatic carbocycles. The first kappa shape index (κ1) is 16.1. The van der Waals surface area contributed by atoms with E-state index in [1.807, 2.05) is 24.3 Å². The van der Waals surface area contributed by atoms with Crippen molar-refractivity contribution in [2.75, 3.05) is 20.3 Å². The molecule has 4 nitrogen and oxygen atoms in total. The molecule has 0 bridgehead atoms. The molecule has 2 N–H and O–H groups in total. The van der Waals surface area contributed by atoms with E-state index in [-0.39, 0.29) is 6.61 Å². The predicted octanol–water partition coefficient (Wildman–Crippen LogP) is 2.46. The van der Waals surface area contributed by atoms with Crippen LogP contribution >= 0.6 is 0 Å². The lowest BCUT2D eigenvalue weighted by molar-refractivity contribution is 0.102. The molecular formula is C17H27NO3. The van der Waals surface area contributed by atoms with Gasteiger partial charge < -0.3 is 19.9 Å². The van der Waals surface area contributed by atoms with Gasteiger partial charge in [0.15, 0.2) is 0 Å². The molecule has 118 valence electrons. The van der Waals surface area contributed by atoms with Gasteiger partial charge in [0, 0.05) is 18.7 Å². The highest BCUT2D eigenvalue weighted by atomic mass is 16.5. The highest BCUT2D eigenvalue weighted by Gasteiger charge is 2.29. The second-order valence-corrected chi connectivity index (χ2v) is 6.07. The molecule has 1 aliphatic carbocycles. The van der Waals surface area contributed by atoms with Crippen molar-refractivity contribution >= 4 is 0 Å². The van der Waals surface area contributed by atoms with Gasteiger partial charge in [0.25, 0.3) is 0 Å². The summed E-state index contributed by atoms with van der Waals surface area (Å²) >= 11 is 0. The van der Waals surface area contributed by atoms with Crippen LogP contribution in [-0.2, 0) is 0 Å². The number of aliphatic hydroxyl groups is 1. The molecule has 4 unspecified atom stereocenters. The standard InChI is InChI=1S/C17H27NO3/c1-12-7-8-17(13(12)2)18-10-14(19)11-21-16-6-4-5-15(9-16)20-3/h4-6,9,12-14,17-19H,7-8,10-11H2,1-3H3. The van der Waals surface area contributed by atoms with E-state index in [0.29, 0.717) is 18.5 Å².